The van der Waals surface area contributed by atoms with Gasteiger partial charge in [0.2, 0.25) is 0 Å². The fraction of sp³-hybridized carbons (Fsp3) is 0.556. The molecule has 3 nitrogen and oxygen atoms in total. The summed E-state index contributed by atoms with van der Waals surface area (Å²) in [7, 11) is 0. The first kappa shape index (κ1) is 7.68. The lowest BCUT2D eigenvalue weighted by atomic mass is 10.3. The number of fused-ring (bicyclic) bond motifs is 1. The van der Waals surface area contributed by atoms with Gasteiger partial charge in [-0.3, -0.25) is 4.90 Å². The highest BCUT2D eigenvalue weighted by atomic mass is 15.2. The van der Waals surface area contributed by atoms with Crippen molar-refractivity contribution in [1.29, 1.82) is 0 Å². The highest BCUT2D eigenvalue weighted by molar-refractivity contribution is 5.20. The topological polar surface area (TPSA) is 29.0 Å². The van der Waals surface area contributed by atoms with Crippen molar-refractivity contribution in [3.63, 3.8) is 0 Å². The quantitative estimate of drug-likeness (QED) is 0.623. The zero-order valence-corrected chi connectivity index (χ0v) is 7.49. The van der Waals surface area contributed by atoms with E-state index in [0.29, 0.717) is 6.04 Å². The molecule has 0 spiro atoms. The molecule has 1 aliphatic heterocycles. The SMILES string of the molecule is CC(C)N1Cc2cncnc2C1. The predicted molar refractivity (Wildman–Crippen MR) is 46.4 cm³/mol. The molecule has 0 unspecified atom stereocenters. The first-order valence-electron chi connectivity index (χ1n) is 4.29. The smallest absolute Gasteiger partial charge is 0.115 e. The minimum atomic E-state index is 0.596. The second-order valence-corrected chi connectivity index (χ2v) is 3.49. The fourth-order valence-corrected chi connectivity index (χ4v) is 1.49. The molecule has 1 aliphatic rings. The molecule has 3 heteroatoms. The van der Waals surface area contributed by atoms with Gasteiger partial charge in [0.05, 0.1) is 5.69 Å². The van der Waals surface area contributed by atoms with E-state index in [0.717, 1.165) is 13.1 Å². The van der Waals surface area contributed by atoms with E-state index in [1.54, 1.807) is 6.33 Å². The molecule has 0 atom stereocenters. The van der Waals surface area contributed by atoms with Gasteiger partial charge in [0.15, 0.2) is 0 Å². The minimum absolute atomic E-state index is 0.596. The molecule has 0 bridgehead atoms. The maximum atomic E-state index is 4.24. The Labute approximate surface area is 72.4 Å². The van der Waals surface area contributed by atoms with Crippen molar-refractivity contribution < 1.29 is 0 Å². The van der Waals surface area contributed by atoms with Crippen molar-refractivity contribution >= 4 is 0 Å². The van der Waals surface area contributed by atoms with Crippen LogP contribution >= 0.6 is 0 Å². The Morgan fingerprint density at radius 1 is 1.42 bits per heavy atom. The van der Waals surface area contributed by atoms with Crippen molar-refractivity contribution in [2.45, 2.75) is 33.0 Å². The first-order chi connectivity index (χ1) is 5.77. The van der Waals surface area contributed by atoms with Gasteiger partial charge in [-0.25, -0.2) is 9.97 Å². The summed E-state index contributed by atoms with van der Waals surface area (Å²) in [4.78, 5) is 10.6. The van der Waals surface area contributed by atoms with Crippen LogP contribution in [0.25, 0.3) is 0 Å². The van der Waals surface area contributed by atoms with E-state index in [4.69, 9.17) is 0 Å². The maximum absolute atomic E-state index is 4.24. The Kier molecular flexibility index (Phi) is 1.81. The van der Waals surface area contributed by atoms with Gasteiger partial charge in [0.1, 0.15) is 6.33 Å². The largest absolute Gasteiger partial charge is 0.291 e. The summed E-state index contributed by atoms with van der Waals surface area (Å²) in [6.07, 6.45) is 3.55. The number of hydrogen-bond donors (Lipinski definition) is 0. The molecule has 0 aromatic carbocycles. The molecule has 0 N–H and O–H groups in total. The Morgan fingerprint density at radius 3 is 2.92 bits per heavy atom. The molecule has 12 heavy (non-hydrogen) atoms. The number of rotatable bonds is 1. The van der Waals surface area contributed by atoms with Crippen molar-refractivity contribution in [3.05, 3.63) is 23.8 Å². The van der Waals surface area contributed by atoms with Gasteiger partial charge in [0.25, 0.3) is 0 Å². The van der Waals surface area contributed by atoms with Crippen LogP contribution in [0.5, 0.6) is 0 Å². The van der Waals surface area contributed by atoms with Crippen LogP contribution in [0, 0.1) is 0 Å². The lowest BCUT2D eigenvalue weighted by Crippen LogP contribution is -2.24. The molecule has 0 fully saturated rings. The van der Waals surface area contributed by atoms with Gasteiger partial charge in [-0.2, -0.15) is 0 Å². The molecular formula is C9H13N3. The van der Waals surface area contributed by atoms with Crippen LogP contribution in [-0.4, -0.2) is 20.9 Å². The molecule has 0 radical (unpaired) electrons. The molecule has 64 valence electrons. The number of nitrogens with zero attached hydrogens (tertiary/aromatic N) is 3. The summed E-state index contributed by atoms with van der Waals surface area (Å²) >= 11 is 0. The van der Waals surface area contributed by atoms with Crippen LogP contribution in [0.4, 0.5) is 0 Å². The van der Waals surface area contributed by atoms with Gasteiger partial charge < -0.3 is 0 Å². The average molecular weight is 163 g/mol. The summed E-state index contributed by atoms with van der Waals surface area (Å²) in [6.45, 7) is 6.40. The van der Waals surface area contributed by atoms with E-state index in [2.05, 4.69) is 28.7 Å². The second-order valence-electron chi connectivity index (χ2n) is 3.49. The molecule has 2 rings (SSSR count). The van der Waals surface area contributed by atoms with Crippen molar-refractivity contribution in [2.75, 3.05) is 0 Å². The molecule has 0 aliphatic carbocycles. The van der Waals surface area contributed by atoms with Crippen LogP contribution in [-0.2, 0) is 13.1 Å². The molecule has 0 saturated carbocycles. The highest BCUT2D eigenvalue weighted by Gasteiger charge is 2.21. The molecule has 1 aromatic heterocycles. The average Bonchev–Trinajstić information content (AvgIpc) is 2.46. The third kappa shape index (κ3) is 1.20. The second kappa shape index (κ2) is 2.83. The molecule has 0 amide bonds. The fourth-order valence-electron chi connectivity index (χ4n) is 1.49. The number of aromatic nitrogens is 2. The molecular weight excluding hydrogens is 150 g/mol. The van der Waals surface area contributed by atoms with E-state index >= 15 is 0 Å². The van der Waals surface area contributed by atoms with Gasteiger partial charge >= 0.3 is 0 Å². The van der Waals surface area contributed by atoms with Crippen LogP contribution in [0.1, 0.15) is 25.1 Å². The van der Waals surface area contributed by atoms with Gasteiger partial charge in [0, 0.05) is 30.9 Å². The monoisotopic (exact) mass is 163 g/mol. The van der Waals surface area contributed by atoms with Crippen LogP contribution < -0.4 is 0 Å². The Morgan fingerprint density at radius 2 is 2.25 bits per heavy atom. The zero-order valence-electron chi connectivity index (χ0n) is 7.49. The predicted octanol–water partition coefficient (Wildman–Crippen LogP) is 1.20. The minimum Gasteiger partial charge on any atom is -0.291 e. The van der Waals surface area contributed by atoms with Gasteiger partial charge in [-0.1, -0.05) is 0 Å². The normalized spacial score (nSPS) is 16.9. The van der Waals surface area contributed by atoms with E-state index < -0.39 is 0 Å². The Hall–Kier alpha value is -0.960. The Bertz CT molecular complexity index is 258. The standard InChI is InChI=1S/C9H13N3/c1-7(2)12-4-8-3-10-6-11-9(8)5-12/h3,6-7H,4-5H2,1-2H3. The molecule has 2 heterocycles. The highest BCUT2D eigenvalue weighted by Crippen LogP contribution is 2.20. The van der Waals surface area contributed by atoms with Crippen molar-refractivity contribution in [3.8, 4) is 0 Å². The van der Waals surface area contributed by atoms with E-state index in [9.17, 15) is 0 Å². The van der Waals surface area contributed by atoms with Crippen molar-refractivity contribution in [2.24, 2.45) is 0 Å². The lowest BCUT2D eigenvalue weighted by Gasteiger charge is -2.18. The first-order valence-corrected chi connectivity index (χ1v) is 4.29. The Balaban J connectivity index is 2.22. The molecule has 1 aromatic rings. The molecule has 0 saturated heterocycles. The maximum Gasteiger partial charge on any atom is 0.115 e. The summed E-state index contributed by atoms with van der Waals surface area (Å²) in [5, 5.41) is 0. The van der Waals surface area contributed by atoms with E-state index in [-0.39, 0.29) is 0 Å². The third-order valence-electron chi connectivity index (χ3n) is 2.34. The van der Waals surface area contributed by atoms with E-state index in [1.807, 2.05) is 6.20 Å². The van der Waals surface area contributed by atoms with Crippen LogP contribution in [0.15, 0.2) is 12.5 Å². The summed E-state index contributed by atoms with van der Waals surface area (Å²) in [6, 6.07) is 0.596. The third-order valence-corrected chi connectivity index (χ3v) is 2.34. The van der Waals surface area contributed by atoms with Gasteiger partial charge in [-0.05, 0) is 13.8 Å². The van der Waals surface area contributed by atoms with Crippen molar-refractivity contribution in [1.82, 2.24) is 14.9 Å². The van der Waals surface area contributed by atoms with Crippen LogP contribution in [0.2, 0.25) is 0 Å². The lowest BCUT2D eigenvalue weighted by molar-refractivity contribution is 0.226. The summed E-state index contributed by atoms with van der Waals surface area (Å²) in [5.74, 6) is 0. The summed E-state index contributed by atoms with van der Waals surface area (Å²) < 4.78 is 0. The number of hydrogen-bond acceptors (Lipinski definition) is 3. The summed E-state index contributed by atoms with van der Waals surface area (Å²) in [5.41, 5.74) is 2.48. The zero-order chi connectivity index (χ0) is 8.55. The van der Waals surface area contributed by atoms with Gasteiger partial charge in [-0.15, -0.1) is 0 Å². The van der Waals surface area contributed by atoms with E-state index in [1.165, 1.54) is 11.3 Å². The van der Waals surface area contributed by atoms with Crippen LogP contribution in [0.3, 0.4) is 0 Å².